The smallest absolute Gasteiger partial charge is 0.249 e. The molecular formula is C15H13NO4. The molecule has 0 atom stereocenters. The van der Waals surface area contributed by atoms with Gasteiger partial charge in [0.2, 0.25) is 5.91 Å². The van der Waals surface area contributed by atoms with Crippen LogP contribution in [0.5, 0.6) is 11.5 Å². The maximum atomic E-state index is 11.3. The van der Waals surface area contributed by atoms with Crippen molar-refractivity contribution in [1.82, 2.24) is 0 Å². The van der Waals surface area contributed by atoms with E-state index in [1.54, 1.807) is 24.3 Å². The summed E-state index contributed by atoms with van der Waals surface area (Å²) in [6.07, 6.45) is 0.580. The highest BCUT2D eigenvalue weighted by atomic mass is 16.5. The summed E-state index contributed by atoms with van der Waals surface area (Å²) in [6.45, 7) is 0. The number of phenolic OH excluding ortho intramolecular Hbond substituents is 1. The molecule has 2 aromatic carbocycles. The van der Waals surface area contributed by atoms with Crippen LogP contribution in [0.3, 0.4) is 0 Å². The second-order valence-electron chi connectivity index (χ2n) is 4.14. The Morgan fingerprint density at radius 3 is 2.60 bits per heavy atom. The maximum absolute atomic E-state index is 11.3. The monoisotopic (exact) mass is 271 g/mol. The Kier molecular flexibility index (Phi) is 3.70. The van der Waals surface area contributed by atoms with Gasteiger partial charge in [0.1, 0.15) is 0 Å². The van der Waals surface area contributed by atoms with Gasteiger partial charge in [-0.25, -0.2) is 0 Å². The second kappa shape index (κ2) is 5.44. The minimum absolute atomic E-state index is 0.0497. The van der Waals surface area contributed by atoms with Crippen molar-refractivity contribution in [3.8, 4) is 22.6 Å². The third-order valence-corrected chi connectivity index (χ3v) is 2.98. The van der Waals surface area contributed by atoms with Crippen molar-refractivity contribution >= 4 is 12.2 Å². The molecule has 0 spiro atoms. The molecule has 2 aromatic rings. The predicted octanol–water partition coefficient (Wildman–Crippen LogP) is 1.98. The molecule has 2 rings (SSSR count). The molecule has 5 nitrogen and oxygen atoms in total. The van der Waals surface area contributed by atoms with Crippen LogP contribution >= 0.6 is 0 Å². The number of aromatic hydroxyl groups is 1. The summed E-state index contributed by atoms with van der Waals surface area (Å²) in [5, 5.41) is 9.79. The van der Waals surface area contributed by atoms with Gasteiger partial charge in [0, 0.05) is 5.56 Å². The fraction of sp³-hybridized carbons (Fsp3) is 0.0667. The first-order valence-corrected chi connectivity index (χ1v) is 5.84. The number of primary amides is 1. The molecule has 102 valence electrons. The summed E-state index contributed by atoms with van der Waals surface area (Å²) >= 11 is 0. The average Bonchev–Trinajstić information content (AvgIpc) is 2.46. The maximum Gasteiger partial charge on any atom is 0.249 e. The molecule has 0 aliphatic heterocycles. The number of methoxy groups -OCH3 is 1. The number of hydrogen-bond acceptors (Lipinski definition) is 4. The lowest BCUT2D eigenvalue weighted by Gasteiger charge is -2.10. The van der Waals surface area contributed by atoms with Crippen molar-refractivity contribution in [1.29, 1.82) is 0 Å². The van der Waals surface area contributed by atoms with Gasteiger partial charge in [0.05, 0.1) is 12.7 Å². The first kappa shape index (κ1) is 13.6. The van der Waals surface area contributed by atoms with E-state index in [2.05, 4.69) is 0 Å². The minimum Gasteiger partial charge on any atom is -0.504 e. The standard InChI is InChI=1S/C15H13NO4/c1-20-14-6-5-9(7-13(14)18)10-3-2-4-11(15(16)19)12(10)8-17/h2-8,18H,1H3,(H2,16,19). The number of rotatable bonds is 4. The van der Waals surface area contributed by atoms with Crippen LogP contribution in [0, 0.1) is 0 Å². The molecule has 0 bridgehead atoms. The van der Waals surface area contributed by atoms with Gasteiger partial charge in [0.15, 0.2) is 17.8 Å². The fourth-order valence-electron chi connectivity index (χ4n) is 2.02. The molecule has 0 fully saturated rings. The first-order valence-electron chi connectivity index (χ1n) is 5.84. The summed E-state index contributed by atoms with van der Waals surface area (Å²) in [7, 11) is 1.44. The lowest BCUT2D eigenvalue weighted by molar-refractivity contribution is 0.0993. The van der Waals surface area contributed by atoms with Crippen LogP contribution in [0.25, 0.3) is 11.1 Å². The Hall–Kier alpha value is -2.82. The van der Waals surface area contributed by atoms with Gasteiger partial charge in [-0.15, -0.1) is 0 Å². The zero-order valence-electron chi connectivity index (χ0n) is 10.8. The Balaban J connectivity index is 2.63. The molecule has 1 amide bonds. The van der Waals surface area contributed by atoms with E-state index in [-0.39, 0.29) is 16.9 Å². The minimum atomic E-state index is -0.674. The van der Waals surface area contributed by atoms with E-state index in [4.69, 9.17) is 10.5 Å². The Labute approximate surface area is 115 Å². The Morgan fingerprint density at radius 1 is 1.30 bits per heavy atom. The van der Waals surface area contributed by atoms with Crippen molar-refractivity contribution in [2.45, 2.75) is 0 Å². The van der Waals surface area contributed by atoms with Crippen LogP contribution < -0.4 is 10.5 Å². The van der Waals surface area contributed by atoms with Crippen molar-refractivity contribution in [3.63, 3.8) is 0 Å². The molecule has 0 radical (unpaired) electrons. The number of benzene rings is 2. The highest BCUT2D eigenvalue weighted by molar-refractivity contribution is 6.04. The highest BCUT2D eigenvalue weighted by Crippen LogP contribution is 2.33. The summed E-state index contributed by atoms with van der Waals surface area (Å²) in [5.41, 5.74) is 6.70. The van der Waals surface area contributed by atoms with Crippen LogP contribution in [0.2, 0.25) is 0 Å². The van der Waals surface area contributed by atoms with Gasteiger partial charge in [-0.05, 0) is 29.3 Å². The predicted molar refractivity (Wildman–Crippen MR) is 74.0 cm³/mol. The van der Waals surface area contributed by atoms with E-state index in [0.717, 1.165) is 0 Å². The molecular weight excluding hydrogens is 258 g/mol. The highest BCUT2D eigenvalue weighted by Gasteiger charge is 2.14. The van der Waals surface area contributed by atoms with Crippen molar-refractivity contribution in [2.24, 2.45) is 5.73 Å². The number of carbonyl (C=O) groups excluding carboxylic acids is 2. The number of amides is 1. The normalized spacial score (nSPS) is 10.1. The van der Waals surface area contributed by atoms with Crippen LogP contribution in [0.1, 0.15) is 20.7 Å². The molecule has 0 aliphatic carbocycles. The van der Waals surface area contributed by atoms with E-state index in [0.29, 0.717) is 23.2 Å². The van der Waals surface area contributed by atoms with E-state index in [1.165, 1.54) is 19.2 Å². The SMILES string of the molecule is COc1ccc(-c2cccc(C(N)=O)c2C=O)cc1O. The molecule has 0 aromatic heterocycles. The van der Waals surface area contributed by atoms with Crippen LogP contribution in [-0.4, -0.2) is 24.4 Å². The van der Waals surface area contributed by atoms with Crippen molar-refractivity contribution in [3.05, 3.63) is 47.5 Å². The summed E-state index contributed by atoms with van der Waals surface area (Å²) in [5.74, 6) is -0.398. The van der Waals surface area contributed by atoms with E-state index in [1.807, 2.05) is 0 Å². The number of hydrogen-bond donors (Lipinski definition) is 2. The zero-order chi connectivity index (χ0) is 14.7. The van der Waals surface area contributed by atoms with E-state index < -0.39 is 5.91 Å². The van der Waals surface area contributed by atoms with Crippen LogP contribution in [0.15, 0.2) is 36.4 Å². The van der Waals surface area contributed by atoms with E-state index in [9.17, 15) is 14.7 Å². The summed E-state index contributed by atoms with van der Waals surface area (Å²) in [6, 6.07) is 9.52. The van der Waals surface area contributed by atoms with Crippen molar-refractivity contribution in [2.75, 3.05) is 7.11 Å². The van der Waals surface area contributed by atoms with Gasteiger partial charge in [-0.3, -0.25) is 9.59 Å². The number of nitrogens with two attached hydrogens (primary N) is 1. The quantitative estimate of drug-likeness (QED) is 0.832. The summed E-state index contributed by atoms with van der Waals surface area (Å²) in [4.78, 5) is 22.6. The number of ether oxygens (including phenoxy) is 1. The molecule has 3 N–H and O–H groups in total. The summed E-state index contributed by atoms with van der Waals surface area (Å²) < 4.78 is 4.96. The van der Waals surface area contributed by atoms with Crippen LogP contribution in [-0.2, 0) is 0 Å². The number of carbonyl (C=O) groups is 2. The lowest BCUT2D eigenvalue weighted by atomic mass is 9.95. The number of phenols is 1. The third kappa shape index (κ3) is 2.33. The molecule has 0 aliphatic rings. The van der Waals surface area contributed by atoms with Gasteiger partial charge < -0.3 is 15.6 Å². The molecule has 20 heavy (non-hydrogen) atoms. The van der Waals surface area contributed by atoms with Gasteiger partial charge in [0.25, 0.3) is 0 Å². The first-order chi connectivity index (χ1) is 9.58. The largest absolute Gasteiger partial charge is 0.504 e. The fourth-order valence-corrected chi connectivity index (χ4v) is 2.02. The van der Waals surface area contributed by atoms with Crippen LogP contribution in [0.4, 0.5) is 0 Å². The second-order valence-corrected chi connectivity index (χ2v) is 4.14. The Bertz CT molecular complexity index is 680. The van der Waals surface area contributed by atoms with E-state index >= 15 is 0 Å². The molecule has 0 saturated carbocycles. The third-order valence-electron chi connectivity index (χ3n) is 2.98. The lowest BCUT2D eigenvalue weighted by Crippen LogP contribution is -2.14. The molecule has 5 heteroatoms. The Morgan fingerprint density at radius 2 is 2.05 bits per heavy atom. The molecule has 0 heterocycles. The number of aldehydes is 1. The van der Waals surface area contributed by atoms with Gasteiger partial charge >= 0.3 is 0 Å². The van der Waals surface area contributed by atoms with Gasteiger partial charge in [-0.2, -0.15) is 0 Å². The topological polar surface area (TPSA) is 89.6 Å². The zero-order valence-corrected chi connectivity index (χ0v) is 10.8. The molecule has 0 saturated heterocycles. The average molecular weight is 271 g/mol. The van der Waals surface area contributed by atoms with Crippen molar-refractivity contribution < 1.29 is 19.4 Å². The van der Waals surface area contributed by atoms with Gasteiger partial charge in [-0.1, -0.05) is 18.2 Å². The molecule has 0 unspecified atom stereocenters.